The fraction of sp³-hybridized carbons (Fsp3) is 0.692. The normalized spacial score (nSPS) is 29.8. The van der Waals surface area contributed by atoms with E-state index in [-0.39, 0.29) is 6.61 Å². The van der Waals surface area contributed by atoms with Crippen LogP contribution in [0.25, 0.3) is 0 Å². The summed E-state index contributed by atoms with van der Waals surface area (Å²) in [7, 11) is 0. The van der Waals surface area contributed by atoms with Crippen molar-refractivity contribution in [2.45, 2.75) is 43.5 Å². The molecule has 2 N–H and O–H groups in total. The number of rotatable bonds is 4. The fourth-order valence-corrected chi connectivity index (χ4v) is 3.67. The number of hydrogen-bond donors (Lipinski definition) is 2. The number of thioether (sulfide) groups is 1. The Hall–Kier alpha value is -0.810. The second-order valence-electron chi connectivity index (χ2n) is 5.31. The van der Waals surface area contributed by atoms with Gasteiger partial charge in [0.25, 0.3) is 0 Å². The van der Waals surface area contributed by atoms with Crippen molar-refractivity contribution in [1.82, 2.24) is 9.97 Å². The van der Waals surface area contributed by atoms with Gasteiger partial charge in [-0.1, -0.05) is 18.2 Å². The van der Waals surface area contributed by atoms with E-state index in [2.05, 4.69) is 15.3 Å². The van der Waals surface area contributed by atoms with Gasteiger partial charge in [-0.05, 0) is 37.4 Å². The van der Waals surface area contributed by atoms with E-state index in [1.54, 1.807) is 6.20 Å². The molecule has 98 valence electrons. The van der Waals surface area contributed by atoms with Gasteiger partial charge in [0.15, 0.2) is 5.16 Å². The minimum atomic E-state index is -0.00217. The summed E-state index contributed by atoms with van der Waals surface area (Å²) in [5, 5.41) is 13.7. The zero-order valence-electron chi connectivity index (χ0n) is 10.6. The molecule has 3 rings (SSSR count). The predicted molar refractivity (Wildman–Crippen MR) is 72.6 cm³/mol. The van der Waals surface area contributed by atoms with Crippen LogP contribution in [0.5, 0.6) is 0 Å². The monoisotopic (exact) mass is 265 g/mol. The number of nitrogens with one attached hydrogen (secondary N) is 1. The molecule has 1 aromatic rings. The highest BCUT2D eigenvalue weighted by atomic mass is 32.2. The average molecular weight is 265 g/mol. The van der Waals surface area contributed by atoms with Crippen molar-refractivity contribution in [3.05, 3.63) is 11.8 Å². The lowest BCUT2D eigenvalue weighted by molar-refractivity contribution is 0.281. The molecule has 0 spiro atoms. The first-order valence-electron chi connectivity index (χ1n) is 6.57. The second-order valence-corrected chi connectivity index (χ2v) is 6.09. The van der Waals surface area contributed by atoms with Crippen LogP contribution >= 0.6 is 11.8 Å². The maximum atomic E-state index is 9.36. The SMILES string of the molecule is CSc1ncc(CO)c(N[C@H]2C[C@@H]3CC[C@H]2C3)n1. The highest BCUT2D eigenvalue weighted by Gasteiger charge is 2.39. The molecule has 1 aromatic heterocycles. The highest BCUT2D eigenvalue weighted by Crippen LogP contribution is 2.45. The first-order chi connectivity index (χ1) is 8.80. The molecule has 2 bridgehead atoms. The van der Waals surface area contributed by atoms with Crippen molar-refractivity contribution >= 4 is 17.6 Å². The largest absolute Gasteiger partial charge is 0.391 e. The molecule has 4 nitrogen and oxygen atoms in total. The highest BCUT2D eigenvalue weighted by molar-refractivity contribution is 7.98. The number of nitrogens with zero attached hydrogens (tertiary/aromatic N) is 2. The third-order valence-electron chi connectivity index (χ3n) is 4.26. The molecule has 0 amide bonds. The van der Waals surface area contributed by atoms with Gasteiger partial charge in [0.1, 0.15) is 5.82 Å². The van der Waals surface area contributed by atoms with Gasteiger partial charge in [-0.15, -0.1) is 0 Å². The van der Waals surface area contributed by atoms with E-state index in [0.29, 0.717) is 6.04 Å². The van der Waals surface area contributed by atoms with Crippen molar-refractivity contribution in [3.8, 4) is 0 Å². The molecule has 0 aliphatic heterocycles. The first-order valence-corrected chi connectivity index (χ1v) is 7.80. The van der Waals surface area contributed by atoms with Gasteiger partial charge in [-0.25, -0.2) is 9.97 Å². The van der Waals surface area contributed by atoms with Crippen LogP contribution in [0.1, 0.15) is 31.2 Å². The Labute approximate surface area is 112 Å². The number of aromatic nitrogens is 2. The third-order valence-corrected chi connectivity index (χ3v) is 4.82. The van der Waals surface area contributed by atoms with Crippen LogP contribution in [0.3, 0.4) is 0 Å². The molecule has 2 saturated carbocycles. The number of aliphatic hydroxyl groups is 1. The summed E-state index contributed by atoms with van der Waals surface area (Å²) in [6.07, 6.45) is 9.07. The van der Waals surface area contributed by atoms with Gasteiger partial charge in [0, 0.05) is 17.8 Å². The molecule has 2 fully saturated rings. The molecular formula is C13H19N3OS. The third kappa shape index (κ3) is 2.21. The van der Waals surface area contributed by atoms with Gasteiger partial charge < -0.3 is 10.4 Å². The first kappa shape index (κ1) is 12.2. The van der Waals surface area contributed by atoms with E-state index in [1.165, 1.54) is 37.4 Å². The van der Waals surface area contributed by atoms with Gasteiger partial charge in [0.2, 0.25) is 0 Å². The maximum Gasteiger partial charge on any atom is 0.189 e. The van der Waals surface area contributed by atoms with Crippen LogP contribution in [0.4, 0.5) is 5.82 Å². The summed E-state index contributed by atoms with van der Waals surface area (Å²) in [6, 6.07) is 0.540. The molecule has 18 heavy (non-hydrogen) atoms. The smallest absolute Gasteiger partial charge is 0.189 e. The van der Waals surface area contributed by atoms with Crippen molar-refractivity contribution in [2.75, 3.05) is 11.6 Å². The summed E-state index contributed by atoms with van der Waals surface area (Å²) in [6.45, 7) is -0.00217. The van der Waals surface area contributed by atoms with Crippen LogP contribution in [-0.2, 0) is 6.61 Å². The summed E-state index contributed by atoms with van der Waals surface area (Å²) in [4.78, 5) is 8.69. The number of anilines is 1. The zero-order valence-corrected chi connectivity index (χ0v) is 11.4. The summed E-state index contributed by atoms with van der Waals surface area (Å²) in [5.41, 5.74) is 0.801. The van der Waals surface area contributed by atoms with Gasteiger partial charge in [-0.3, -0.25) is 0 Å². The van der Waals surface area contributed by atoms with E-state index in [4.69, 9.17) is 0 Å². The Morgan fingerprint density at radius 3 is 2.94 bits per heavy atom. The molecule has 2 aliphatic rings. The van der Waals surface area contributed by atoms with Crippen LogP contribution in [0, 0.1) is 11.8 Å². The standard InChI is InChI=1S/C13H19N3OS/c1-18-13-14-6-10(7-17)12(16-13)15-11-5-8-2-3-9(11)4-8/h6,8-9,11,17H,2-5,7H2,1H3,(H,14,15,16)/t8-,9+,11+/m1/s1. The van der Waals surface area contributed by atoms with Crippen LogP contribution in [-0.4, -0.2) is 27.4 Å². The van der Waals surface area contributed by atoms with E-state index in [0.717, 1.165) is 28.4 Å². The average Bonchev–Trinajstić information content (AvgIpc) is 3.01. The van der Waals surface area contributed by atoms with Gasteiger partial charge in [-0.2, -0.15) is 0 Å². The molecular weight excluding hydrogens is 246 g/mol. The van der Waals surface area contributed by atoms with E-state index < -0.39 is 0 Å². The molecule has 0 saturated heterocycles. The molecule has 5 heteroatoms. The topological polar surface area (TPSA) is 58.0 Å². The molecule has 0 aromatic carbocycles. The Morgan fingerprint density at radius 1 is 1.44 bits per heavy atom. The van der Waals surface area contributed by atoms with E-state index in [9.17, 15) is 5.11 Å². The lowest BCUT2D eigenvalue weighted by Gasteiger charge is -2.24. The molecule has 2 aliphatic carbocycles. The predicted octanol–water partition coefficient (Wildman–Crippen LogP) is 2.29. The van der Waals surface area contributed by atoms with Crippen LogP contribution in [0.2, 0.25) is 0 Å². The minimum Gasteiger partial charge on any atom is -0.391 e. The quantitative estimate of drug-likeness (QED) is 0.646. The van der Waals surface area contributed by atoms with Crippen LogP contribution in [0.15, 0.2) is 11.4 Å². The Morgan fingerprint density at radius 2 is 2.33 bits per heavy atom. The van der Waals surface area contributed by atoms with Crippen molar-refractivity contribution < 1.29 is 5.11 Å². The van der Waals surface area contributed by atoms with Crippen LogP contribution < -0.4 is 5.32 Å². The van der Waals surface area contributed by atoms with Crippen molar-refractivity contribution in [2.24, 2.45) is 11.8 Å². The lowest BCUT2D eigenvalue weighted by atomic mass is 9.95. The molecule has 0 unspecified atom stereocenters. The van der Waals surface area contributed by atoms with Crippen molar-refractivity contribution in [1.29, 1.82) is 0 Å². The molecule has 1 heterocycles. The zero-order chi connectivity index (χ0) is 12.5. The van der Waals surface area contributed by atoms with Gasteiger partial charge >= 0.3 is 0 Å². The van der Waals surface area contributed by atoms with Gasteiger partial charge in [0.05, 0.1) is 6.61 Å². The van der Waals surface area contributed by atoms with E-state index >= 15 is 0 Å². The fourth-order valence-electron chi connectivity index (χ4n) is 3.33. The molecule has 3 atom stereocenters. The lowest BCUT2D eigenvalue weighted by Crippen LogP contribution is -2.27. The Balaban J connectivity index is 1.78. The summed E-state index contributed by atoms with van der Waals surface area (Å²) >= 11 is 1.53. The molecule has 0 radical (unpaired) electrons. The Bertz CT molecular complexity index is 440. The van der Waals surface area contributed by atoms with Crippen molar-refractivity contribution in [3.63, 3.8) is 0 Å². The van der Waals surface area contributed by atoms with E-state index in [1.807, 2.05) is 6.26 Å². The summed E-state index contributed by atoms with van der Waals surface area (Å²) < 4.78 is 0. The Kier molecular flexibility index (Phi) is 3.43. The minimum absolute atomic E-state index is 0.00217. The summed E-state index contributed by atoms with van der Waals surface area (Å²) in [5.74, 6) is 2.54. The maximum absolute atomic E-state index is 9.36. The second kappa shape index (κ2) is 5.05. The number of hydrogen-bond acceptors (Lipinski definition) is 5. The number of aliphatic hydroxyl groups excluding tert-OH is 1. The number of fused-ring (bicyclic) bond motifs is 2.